The van der Waals surface area contributed by atoms with Crippen LogP contribution < -0.4 is 10.6 Å². The molecule has 2 aromatic rings. The summed E-state index contributed by atoms with van der Waals surface area (Å²) < 4.78 is 0. The molecule has 0 unspecified atom stereocenters. The van der Waals surface area contributed by atoms with Crippen molar-refractivity contribution in [3.8, 4) is 0 Å². The topological polar surface area (TPSA) is 49.8 Å². The highest BCUT2D eigenvalue weighted by atomic mass is 32.1. The van der Waals surface area contributed by atoms with E-state index in [1.54, 1.807) is 11.3 Å². The third kappa shape index (κ3) is 3.77. The Morgan fingerprint density at radius 3 is 2.73 bits per heavy atom. The Kier molecular flexibility index (Phi) is 4.93. The van der Waals surface area contributed by atoms with Crippen LogP contribution in [0.5, 0.6) is 0 Å². The smallest absolute Gasteiger partial charge is 0.225 e. The summed E-state index contributed by atoms with van der Waals surface area (Å²) in [5, 5.41) is 9.07. The molecule has 0 bridgehead atoms. The maximum atomic E-state index is 4.70. The molecule has 5 heteroatoms. The predicted molar refractivity (Wildman–Crippen MR) is 93.6 cm³/mol. The fourth-order valence-electron chi connectivity index (χ4n) is 2.87. The molecular weight excluding hydrogens is 292 g/mol. The van der Waals surface area contributed by atoms with Crippen molar-refractivity contribution in [2.24, 2.45) is 0 Å². The summed E-state index contributed by atoms with van der Waals surface area (Å²) in [6, 6.07) is 4.76. The summed E-state index contributed by atoms with van der Waals surface area (Å²) in [4.78, 5) is 10.6. The van der Waals surface area contributed by atoms with Crippen molar-refractivity contribution in [1.29, 1.82) is 0 Å². The van der Waals surface area contributed by atoms with Gasteiger partial charge in [0.05, 0.1) is 6.54 Å². The molecule has 0 amide bonds. The van der Waals surface area contributed by atoms with Crippen molar-refractivity contribution in [3.63, 3.8) is 0 Å². The lowest BCUT2D eigenvalue weighted by atomic mass is 9.95. The minimum atomic E-state index is 0.562. The van der Waals surface area contributed by atoms with Gasteiger partial charge in [-0.1, -0.05) is 25.3 Å². The first-order valence-electron chi connectivity index (χ1n) is 8.10. The number of rotatable bonds is 5. The van der Waals surface area contributed by atoms with Gasteiger partial charge in [-0.05, 0) is 38.1 Å². The van der Waals surface area contributed by atoms with Crippen LogP contribution in [-0.4, -0.2) is 16.0 Å². The Bertz CT molecular complexity index is 603. The van der Waals surface area contributed by atoms with Crippen LogP contribution in [0.2, 0.25) is 0 Å². The zero-order valence-electron chi connectivity index (χ0n) is 13.4. The second-order valence-corrected chi connectivity index (χ2v) is 7.05. The molecule has 22 heavy (non-hydrogen) atoms. The number of nitrogens with one attached hydrogen (secondary N) is 2. The highest BCUT2D eigenvalue weighted by Crippen LogP contribution is 2.24. The molecule has 4 nitrogen and oxygen atoms in total. The van der Waals surface area contributed by atoms with Gasteiger partial charge in [-0.25, -0.2) is 4.98 Å². The van der Waals surface area contributed by atoms with Gasteiger partial charge in [0.2, 0.25) is 5.95 Å². The molecule has 2 heterocycles. The van der Waals surface area contributed by atoms with Gasteiger partial charge in [-0.15, -0.1) is 11.3 Å². The lowest BCUT2D eigenvalue weighted by Crippen LogP contribution is -2.24. The number of thiophene rings is 1. The second kappa shape index (κ2) is 7.09. The highest BCUT2D eigenvalue weighted by Gasteiger charge is 2.16. The van der Waals surface area contributed by atoms with Gasteiger partial charge in [-0.3, -0.25) is 0 Å². The van der Waals surface area contributed by atoms with Crippen molar-refractivity contribution >= 4 is 23.1 Å². The number of nitrogens with zero attached hydrogens (tertiary/aromatic N) is 2. The zero-order chi connectivity index (χ0) is 15.4. The zero-order valence-corrected chi connectivity index (χ0v) is 14.2. The predicted octanol–water partition coefficient (Wildman–Crippen LogP) is 4.51. The van der Waals surface area contributed by atoms with E-state index in [-0.39, 0.29) is 0 Å². The highest BCUT2D eigenvalue weighted by molar-refractivity contribution is 7.09. The van der Waals surface area contributed by atoms with Crippen LogP contribution in [0.4, 0.5) is 11.8 Å². The Morgan fingerprint density at radius 1 is 1.18 bits per heavy atom. The van der Waals surface area contributed by atoms with E-state index in [4.69, 9.17) is 4.98 Å². The average Bonchev–Trinajstić information content (AvgIpc) is 3.04. The molecule has 3 rings (SSSR count). The van der Waals surface area contributed by atoms with Crippen LogP contribution in [0.15, 0.2) is 17.5 Å². The summed E-state index contributed by atoms with van der Waals surface area (Å²) in [6.45, 7) is 4.94. The lowest BCUT2D eigenvalue weighted by molar-refractivity contribution is 0.461. The van der Waals surface area contributed by atoms with E-state index in [0.29, 0.717) is 6.04 Å². The molecule has 2 aromatic heterocycles. The maximum Gasteiger partial charge on any atom is 0.225 e. The van der Waals surface area contributed by atoms with E-state index in [2.05, 4.69) is 47.0 Å². The minimum absolute atomic E-state index is 0.562. The van der Waals surface area contributed by atoms with Crippen molar-refractivity contribution in [2.75, 3.05) is 10.6 Å². The van der Waals surface area contributed by atoms with E-state index >= 15 is 0 Å². The van der Waals surface area contributed by atoms with Gasteiger partial charge in [0, 0.05) is 22.2 Å². The molecule has 1 saturated carbocycles. The van der Waals surface area contributed by atoms with Crippen LogP contribution in [0.1, 0.15) is 48.2 Å². The molecule has 1 aliphatic rings. The van der Waals surface area contributed by atoms with Crippen molar-refractivity contribution in [2.45, 2.75) is 58.5 Å². The Hall–Kier alpha value is -1.62. The molecule has 0 aliphatic heterocycles. The normalized spacial score (nSPS) is 15.7. The third-order valence-corrected chi connectivity index (χ3v) is 5.21. The summed E-state index contributed by atoms with van der Waals surface area (Å²) in [5.41, 5.74) is 2.20. The number of aromatic nitrogens is 2. The maximum absolute atomic E-state index is 4.70. The summed E-state index contributed by atoms with van der Waals surface area (Å²) in [7, 11) is 0. The van der Waals surface area contributed by atoms with E-state index in [9.17, 15) is 0 Å². The molecule has 118 valence electrons. The largest absolute Gasteiger partial charge is 0.367 e. The molecule has 0 aromatic carbocycles. The number of hydrogen-bond acceptors (Lipinski definition) is 5. The fourth-order valence-corrected chi connectivity index (χ4v) is 3.51. The molecule has 0 spiro atoms. The van der Waals surface area contributed by atoms with Crippen LogP contribution in [0, 0.1) is 13.8 Å². The molecule has 1 fully saturated rings. The minimum Gasteiger partial charge on any atom is -0.367 e. The summed E-state index contributed by atoms with van der Waals surface area (Å²) >= 11 is 1.75. The van der Waals surface area contributed by atoms with E-state index in [0.717, 1.165) is 29.6 Å². The fraction of sp³-hybridized carbons (Fsp3) is 0.529. The standard InChI is InChI=1S/C17H24N4S/c1-12-13(2)19-17(18-11-15-9-6-10-22-15)21-16(12)20-14-7-4-3-5-8-14/h6,9-10,14H,3-5,7-8,11H2,1-2H3,(H2,18,19,20,21). The molecule has 0 radical (unpaired) electrons. The summed E-state index contributed by atoms with van der Waals surface area (Å²) in [5.74, 6) is 1.71. The third-order valence-electron chi connectivity index (χ3n) is 4.34. The molecule has 0 saturated heterocycles. The van der Waals surface area contributed by atoms with Gasteiger partial charge >= 0.3 is 0 Å². The lowest BCUT2D eigenvalue weighted by Gasteiger charge is -2.24. The monoisotopic (exact) mass is 316 g/mol. The molecule has 2 N–H and O–H groups in total. The molecular formula is C17H24N4S. The van der Waals surface area contributed by atoms with Crippen molar-refractivity contribution < 1.29 is 0 Å². The Balaban J connectivity index is 1.71. The van der Waals surface area contributed by atoms with Crippen LogP contribution in [0.3, 0.4) is 0 Å². The SMILES string of the molecule is Cc1nc(NCc2cccs2)nc(NC2CCCCC2)c1C. The van der Waals surface area contributed by atoms with E-state index < -0.39 is 0 Å². The first-order chi connectivity index (χ1) is 10.7. The van der Waals surface area contributed by atoms with Gasteiger partial charge in [0.25, 0.3) is 0 Å². The van der Waals surface area contributed by atoms with E-state index in [1.165, 1.54) is 37.0 Å². The van der Waals surface area contributed by atoms with Gasteiger partial charge in [0.1, 0.15) is 5.82 Å². The number of anilines is 2. The van der Waals surface area contributed by atoms with Crippen LogP contribution >= 0.6 is 11.3 Å². The average molecular weight is 316 g/mol. The molecule has 1 aliphatic carbocycles. The second-order valence-electron chi connectivity index (χ2n) is 6.02. The van der Waals surface area contributed by atoms with Crippen LogP contribution in [0.25, 0.3) is 0 Å². The van der Waals surface area contributed by atoms with Crippen LogP contribution in [-0.2, 0) is 6.54 Å². The molecule has 0 atom stereocenters. The van der Waals surface area contributed by atoms with Gasteiger partial charge < -0.3 is 10.6 Å². The van der Waals surface area contributed by atoms with Crippen molar-refractivity contribution in [1.82, 2.24) is 9.97 Å². The summed E-state index contributed by atoms with van der Waals surface area (Å²) in [6.07, 6.45) is 6.52. The number of aryl methyl sites for hydroxylation is 1. The van der Waals surface area contributed by atoms with Gasteiger partial charge in [-0.2, -0.15) is 4.98 Å². The first-order valence-corrected chi connectivity index (χ1v) is 8.98. The Labute approximate surface area is 136 Å². The van der Waals surface area contributed by atoms with Gasteiger partial charge in [0.15, 0.2) is 0 Å². The quantitative estimate of drug-likeness (QED) is 0.852. The Morgan fingerprint density at radius 2 is 2.00 bits per heavy atom. The van der Waals surface area contributed by atoms with E-state index in [1.807, 2.05) is 0 Å². The first kappa shape index (κ1) is 15.3. The number of hydrogen-bond donors (Lipinski definition) is 2. The van der Waals surface area contributed by atoms with Crippen molar-refractivity contribution in [3.05, 3.63) is 33.6 Å².